The van der Waals surface area contributed by atoms with Crippen LogP contribution >= 0.6 is 0 Å². The topological polar surface area (TPSA) is 123 Å². The molecule has 1 saturated carbocycles. The first-order valence-corrected chi connectivity index (χ1v) is 9.96. The van der Waals surface area contributed by atoms with E-state index in [-0.39, 0.29) is 5.90 Å². The molecule has 2 bridgehead atoms. The number of nitriles is 3. The molecule has 4 unspecified atom stereocenters. The number of hydrogen-bond acceptors (Lipinski definition) is 7. The smallest absolute Gasteiger partial charge is 0.217 e. The molecule has 1 aliphatic carbocycles. The SMILES string of the molecule is CCOc1ccccc1C1OC23CCCCCC2C(C#N)(C(=N)O3)C1(C#N)C#N. The maximum atomic E-state index is 10.3. The van der Waals surface area contributed by atoms with Crippen LogP contribution in [-0.2, 0) is 9.47 Å². The third kappa shape index (κ3) is 2.27. The molecule has 1 aromatic carbocycles. The van der Waals surface area contributed by atoms with Gasteiger partial charge in [-0.25, -0.2) is 0 Å². The molecule has 0 amide bonds. The maximum Gasteiger partial charge on any atom is 0.217 e. The molecule has 3 aliphatic rings. The molecule has 2 aliphatic heterocycles. The number of hydrogen-bond donors (Lipinski definition) is 1. The largest absolute Gasteiger partial charge is 0.493 e. The van der Waals surface area contributed by atoms with Gasteiger partial charge >= 0.3 is 0 Å². The summed E-state index contributed by atoms with van der Waals surface area (Å²) in [5.41, 5.74) is -3.10. The molecule has 0 radical (unpaired) electrons. The number of benzene rings is 1. The van der Waals surface area contributed by atoms with Crippen molar-refractivity contribution in [3.05, 3.63) is 29.8 Å². The van der Waals surface area contributed by atoms with Gasteiger partial charge in [-0.15, -0.1) is 0 Å². The predicted octanol–water partition coefficient (Wildman–Crippen LogP) is 3.98. The van der Waals surface area contributed by atoms with Crippen molar-refractivity contribution in [2.45, 2.75) is 50.9 Å². The second kappa shape index (κ2) is 6.76. The lowest BCUT2D eigenvalue weighted by Crippen LogP contribution is -2.59. The zero-order chi connectivity index (χ0) is 20.7. The summed E-state index contributed by atoms with van der Waals surface area (Å²) in [4.78, 5) is 0. The average molecular weight is 390 g/mol. The van der Waals surface area contributed by atoms with Crippen LogP contribution < -0.4 is 4.74 Å². The number of nitrogens with one attached hydrogen (secondary N) is 1. The standard InChI is InChI=1S/C22H22N4O3/c1-2-27-16-9-6-5-8-15(16)18-20(12-23,13-24)21(14-25)17-10-4-3-7-11-22(17,28-18)29-19(21)26/h5-6,8-9,17-18,26H,2-4,7,10-11H2,1H3. The molecule has 4 atom stereocenters. The van der Waals surface area contributed by atoms with Gasteiger partial charge in [-0.05, 0) is 25.8 Å². The lowest BCUT2D eigenvalue weighted by molar-refractivity contribution is -0.285. The van der Waals surface area contributed by atoms with Crippen LogP contribution in [0.1, 0.15) is 50.7 Å². The first kappa shape index (κ1) is 19.2. The van der Waals surface area contributed by atoms with Gasteiger partial charge in [0.1, 0.15) is 11.9 Å². The molecular formula is C22H22N4O3. The van der Waals surface area contributed by atoms with Crippen molar-refractivity contribution in [3.8, 4) is 24.0 Å². The molecule has 29 heavy (non-hydrogen) atoms. The van der Waals surface area contributed by atoms with Crippen molar-refractivity contribution in [1.29, 1.82) is 21.2 Å². The van der Waals surface area contributed by atoms with Crippen molar-refractivity contribution < 1.29 is 14.2 Å². The highest BCUT2D eigenvalue weighted by atomic mass is 16.7. The predicted molar refractivity (Wildman–Crippen MR) is 101 cm³/mol. The summed E-state index contributed by atoms with van der Waals surface area (Å²) in [5.74, 6) is -1.54. The monoisotopic (exact) mass is 390 g/mol. The van der Waals surface area contributed by atoms with E-state index >= 15 is 0 Å². The third-order valence-corrected chi connectivity index (χ3v) is 6.57. The van der Waals surface area contributed by atoms with Gasteiger partial charge in [-0.3, -0.25) is 5.41 Å². The summed E-state index contributed by atoms with van der Waals surface area (Å²) < 4.78 is 18.2. The summed E-state index contributed by atoms with van der Waals surface area (Å²) in [7, 11) is 0. The Bertz CT molecular complexity index is 957. The van der Waals surface area contributed by atoms with E-state index in [9.17, 15) is 15.8 Å². The summed E-state index contributed by atoms with van der Waals surface area (Å²) >= 11 is 0. The average Bonchev–Trinajstić information content (AvgIpc) is 2.86. The van der Waals surface area contributed by atoms with E-state index in [1.54, 1.807) is 24.3 Å². The van der Waals surface area contributed by atoms with Gasteiger partial charge in [0.2, 0.25) is 17.1 Å². The molecule has 1 N–H and O–H groups in total. The Balaban J connectivity index is 2.00. The van der Waals surface area contributed by atoms with E-state index < -0.39 is 28.6 Å². The molecule has 148 valence electrons. The lowest BCUT2D eigenvalue weighted by Gasteiger charge is -2.49. The molecule has 0 aromatic heterocycles. The Morgan fingerprint density at radius 1 is 1.14 bits per heavy atom. The van der Waals surface area contributed by atoms with Gasteiger partial charge in [0.15, 0.2) is 5.41 Å². The highest BCUT2D eigenvalue weighted by molar-refractivity contribution is 5.89. The Morgan fingerprint density at radius 3 is 2.59 bits per heavy atom. The zero-order valence-corrected chi connectivity index (χ0v) is 16.3. The molecule has 1 aromatic rings. The van der Waals surface area contributed by atoms with E-state index in [1.807, 2.05) is 6.92 Å². The number of nitrogens with zero attached hydrogens (tertiary/aromatic N) is 3. The van der Waals surface area contributed by atoms with Gasteiger partial charge in [0.05, 0.1) is 30.7 Å². The van der Waals surface area contributed by atoms with Crippen molar-refractivity contribution in [2.24, 2.45) is 16.7 Å². The number of ether oxygens (including phenoxy) is 3. The van der Waals surface area contributed by atoms with Gasteiger partial charge in [-0.2, -0.15) is 15.8 Å². The minimum absolute atomic E-state index is 0.327. The Morgan fingerprint density at radius 2 is 1.90 bits per heavy atom. The highest BCUT2D eigenvalue weighted by Gasteiger charge is 2.80. The maximum absolute atomic E-state index is 10.3. The van der Waals surface area contributed by atoms with Crippen LogP contribution in [0.2, 0.25) is 0 Å². The van der Waals surface area contributed by atoms with Crippen molar-refractivity contribution in [3.63, 3.8) is 0 Å². The molecule has 7 nitrogen and oxygen atoms in total. The van der Waals surface area contributed by atoms with E-state index in [1.165, 1.54) is 0 Å². The van der Waals surface area contributed by atoms with Gasteiger partial charge in [0.25, 0.3) is 0 Å². The number of rotatable bonds is 3. The van der Waals surface area contributed by atoms with Crippen LogP contribution in [0.5, 0.6) is 5.75 Å². The molecule has 3 fully saturated rings. The summed E-state index contributed by atoms with van der Waals surface area (Å²) in [6.45, 7) is 2.25. The first-order chi connectivity index (χ1) is 14.0. The van der Waals surface area contributed by atoms with Gasteiger partial charge < -0.3 is 14.2 Å². The number of para-hydroxylation sites is 1. The fourth-order valence-electron chi connectivity index (χ4n) is 5.30. The van der Waals surface area contributed by atoms with Crippen molar-refractivity contribution in [1.82, 2.24) is 0 Å². The third-order valence-electron chi connectivity index (χ3n) is 6.57. The van der Waals surface area contributed by atoms with E-state index in [0.29, 0.717) is 30.8 Å². The van der Waals surface area contributed by atoms with Gasteiger partial charge in [-0.1, -0.05) is 31.0 Å². The molecular weight excluding hydrogens is 368 g/mol. The minimum Gasteiger partial charge on any atom is -0.493 e. The quantitative estimate of drug-likeness (QED) is 0.832. The van der Waals surface area contributed by atoms with Crippen molar-refractivity contribution >= 4 is 5.90 Å². The van der Waals surface area contributed by atoms with Gasteiger partial charge in [0, 0.05) is 12.0 Å². The van der Waals surface area contributed by atoms with E-state index in [0.717, 1.165) is 19.3 Å². The molecule has 2 heterocycles. The Labute approximate surface area is 169 Å². The Kier molecular flexibility index (Phi) is 4.49. The zero-order valence-electron chi connectivity index (χ0n) is 16.3. The van der Waals surface area contributed by atoms with Crippen LogP contribution in [0.25, 0.3) is 0 Å². The fourth-order valence-corrected chi connectivity index (χ4v) is 5.30. The van der Waals surface area contributed by atoms with Crippen molar-refractivity contribution in [2.75, 3.05) is 6.61 Å². The molecule has 0 spiro atoms. The Hall–Kier alpha value is -3.08. The van der Waals surface area contributed by atoms with Crippen LogP contribution in [0.15, 0.2) is 24.3 Å². The van der Waals surface area contributed by atoms with Crippen LogP contribution in [0.4, 0.5) is 0 Å². The summed E-state index contributed by atoms with van der Waals surface area (Å²) in [6.07, 6.45) is 2.63. The second-order valence-corrected chi connectivity index (χ2v) is 7.82. The lowest BCUT2D eigenvalue weighted by atomic mass is 9.52. The molecule has 4 rings (SSSR count). The molecule has 7 heteroatoms. The summed E-state index contributed by atoms with van der Waals surface area (Å²) in [6, 6.07) is 13.5. The highest BCUT2D eigenvalue weighted by Crippen LogP contribution is 2.69. The van der Waals surface area contributed by atoms with Crippen LogP contribution in [0, 0.1) is 56.2 Å². The fraction of sp³-hybridized carbons (Fsp3) is 0.545. The minimum atomic E-state index is -1.93. The van der Waals surface area contributed by atoms with Crippen LogP contribution in [-0.4, -0.2) is 18.3 Å². The normalized spacial score (nSPS) is 34.5. The van der Waals surface area contributed by atoms with E-state index in [4.69, 9.17) is 19.6 Å². The molecule has 2 saturated heterocycles. The van der Waals surface area contributed by atoms with Crippen LogP contribution in [0.3, 0.4) is 0 Å². The second-order valence-electron chi connectivity index (χ2n) is 7.82. The first-order valence-electron chi connectivity index (χ1n) is 9.96. The van der Waals surface area contributed by atoms with E-state index in [2.05, 4.69) is 18.2 Å². The summed E-state index contributed by atoms with van der Waals surface area (Å²) in [5, 5.41) is 39.5.